The molecule has 0 fully saturated rings. The van der Waals surface area contributed by atoms with Gasteiger partial charge in [-0.2, -0.15) is 0 Å². The van der Waals surface area contributed by atoms with E-state index in [1.165, 1.54) is 12.1 Å². The fraction of sp³-hybridized carbons (Fsp3) is 0.217. The number of para-hydroxylation sites is 1. The molecule has 1 aliphatic heterocycles. The van der Waals surface area contributed by atoms with Crippen LogP contribution in [0.3, 0.4) is 0 Å². The second-order valence-corrected chi connectivity index (χ2v) is 7.69. The third kappa shape index (κ3) is 3.70. The minimum absolute atomic E-state index is 0.0300. The van der Waals surface area contributed by atoms with E-state index in [0.29, 0.717) is 28.3 Å². The van der Waals surface area contributed by atoms with E-state index < -0.39 is 17.6 Å². The predicted octanol–water partition coefficient (Wildman–Crippen LogP) is 5.09. The molecule has 0 aromatic heterocycles. The van der Waals surface area contributed by atoms with E-state index in [9.17, 15) is 14.0 Å². The Morgan fingerprint density at radius 2 is 1.86 bits per heavy atom. The maximum Gasteiger partial charge on any atom is 0.254 e. The average molecular weight is 411 g/mol. The Kier molecular flexibility index (Phi) is 5.24. The molecule has 0 unspecified atom stereocenters. The van der Waals surface area contributed by atoms with Gasteiger partial charge in [-0.15, -0.1) is 0 Å². The quantitative estimate of drug-likeness (QED) is 0.741. The summed E-state index contributed by atoms with van der Waals surface area (Å²) >= 11 is 6.04. The van der Waals surface area contributed by atoms with Crippen molar-refractivity contribution < 1.29 is 14.0 Å². The first kappa shape index (κ1) is 19.4. The van der Waals surface area contributed by atoms with Crippen LogP contribution >= 0.6 is 11.6 Å². The zero-order valence-corrected chi connectivity index (χ0v) is 16.6. The van der Waals surface area contributed by atoms with Crippen molar-refractivity contribution >= 4 is 29.0 Å². The molecule has 4 rings (SSSR count). The highest BCUT2D eigenvalue weighted by molar-refractivity contribution is 6.30. The largest absolute Gasteiger partial charge is 0.362 e. The number of hydrogen-bond donors (Lipinski definition) is 2. The van der Waals surface area contributed by atoms with Crippen LogP contribution in [0.1, 0.15) is 37.7 Å². The molecule has 0 spiro atoms. The Bertz CT molecular complexity index is 1060. The van der Waals surface area contributed by atoms with Crippen LogP contribution in [0.2, 0.25) is 5.02 Å². The van der Waals surface area contributed by atoms with Crippen LogP contribution in [-0.4, -0.2) is 11.7 Å². The molecule has 4 nitrogen and oxygen atoms in total. The topological polar surface area (TPSA) is 58.2 Å². The summed E-state index contributed by atoms with van der Waals surface area (Å²) in [6.45, 7) is 1.81. The van der Waals surface area contributed by atoms with Crippen molar-refractivity contribution in [1.29, 1.82) is 0 Å². The van der Waals surface area contributed by atoms with Gasteiger partial charge in [0, 0.05) is 39.9 Å². The number of allylic oxidation sites excluding steroid dienone is 3. The Morgan fingerprint density at radius 1 is 1.14 bits per heavy atom. The van der Waals surface area contributed by atoms with Crippen LogP contribution < -0.4 is 10.6 Å². The molecule has 29 heavy (non-hydrogen) atoms. The molecule has 1 heterocycles. The van der Waals surface area contributed by atoms with Crippen LogP contribution in [0.5, 0.6) is 0 Å². The molecule has 2 aromatic carbocycles. The van der Waals surface area contributed by atoms with E-state index >= 15 is 0 Å². The highest BCUT2D eigenvalue weighted by Gasteiger charge is 2.38. The molecule has 1 amide bonds. The Balaban J connectivity index is 1.79. The van der Waals surface area contributed by atoms with E-state index in [4.69, 9.17) is 11.6 Å². The molecule has 148 valence electrons. The van der Waals surface area contributed by atoms with Crippen LogP contribution in [0.25, 0.3) is 0 Å². The highest BCUT2D eigenvalue weighted by atomic mass is 35.5. The molecule has 0 saturated carbocycles. The number of halogens is 2. The fourth-order valence-electron chi connectivity index (χ4n) is 4.03. The maximum absolute atomic E-state index is 14.1. The van der Waals surface area contributed by atoms with Gasteiger partial charge in [0.2, 0.25) is 0 Å². The first-order chi connectivity index (χ1) is 14.0. The summed E-state index contributed by atoms with van der Waals surface area (Å²) in [6.07, 6.45) is 1.98. The Labute approximate surface area is 173 Å². The van der Waals surface area contributed by atoms with Crippen LogP contribution in [0, 0.1) is 5.82 Å². The second kappa shape index (κ2) is 7.84. The Morgan fingerprint density at radius 3 is 2.59 bits per heavy atom. The molecule has 1 aliphatic carbocycles. The first-order valence-electron chi connectivity index (χ1n) is 9.51. The summed E-state index contributed by atoms with van der Waals surface area (Å²) in [5.41, 5.74) is 3.44. The molecule has 2 aromatic rings. The lowest BCUT2D eigenvalue weighted by atomic mass is 9.75. The van der Waals surface area contributed by atoms with Crippen molar-refractivity contribution in [1.82, 2.24) is 5.32 Å². The minimum Gasteiger partial charge on any atom is -0.362 e. The molecule has 6 heteroatoms. The molecular weight excluding hydrogens is 391 g/mol. The number of nitrogens with one attached hydrogen (secondary N) is 2. The summed E-state index contributed by atoms with van der Waals surface area (Å²) in [5, 5.41) is 6.48. The monoisotopic (exact) mass is 410 g/mol. The molecule has 1 atom stereocenters. The number of anilines is 1. The Hall–Kier alpha value is -2.92. The fourth-order valence-corrected chi connectivity index (χ4v) is 4.15. The van der Waals surface area contributed by atoms with Crippen molar-refractivity contribution in [2.24, 2.45) is 0 Å². The van der Waals surface area contributed by atoms with Crippen LogP contribution in [0.4, 0.5) is 10.1 Å². The van der Waals surface area contributed by atoms with Crippen molar-refractivity contribution in [2.75, 3.05) is 5.32 Å². The lowest BCUT2D eigenvalue weighted by molar-refractivity contribution is -0.116. The number of ketones is 1. The van der Waals surface area contributed by atoms with Crippen molar-refractivity contribution in [2.45, 2.75) is 32.1 Å². The van der Waals surface area contributed by atoms with Gasteiger partial charge in [0.05, 0.1) is 5.69 Å². The maximum atomic E-state index is 14.1. The first-order valence-corrected chi connectivity index (χ1v) is 9.89. The van der Waals surface area contributed by atoms with E-state index in [1.807, 2.05) is 19.1 Å². The van der Waals surface area contributed by atoms with Crippen LogP contribution in [-0.2, 0) is 9.59 Å². The number of carbonyl (C=O) groups excluding carboxylic acids is 2. The van der Waals surface area contributed by atoms with Gasteiger partial charge in [0.25, 0.3) is 5.91 Å². The third-order valence-electron chi connectivity index (χ3n) is 5.35. The average Bonchev–Trinajstić information content (AvgIpc) is 2.69. The van der Waals surface area contributed by atoms with Crippen molar-refractivity contribution in [3.05, 3.63) is 87.5 Å². The lowest BCUT2D eigenvalue weighted by Crippen LogP contribution is -2.35. The summed E-state index contributed by atoms with van der Waals surface area (Å²) in [6, 6.07) is 13.2. The predicted molar refractivity (Wildman–Crippen MR) is 111 cm³/mol. The number of amides is 1. The second-order valence-electron chi connectivity index (χ2n) is 7.25. The zero-order valence-electron chi connectivity index (χ0n) is 15.9. The molecule has 0 saturated heterocycles. The summed E-state index contributed by atoms with van der Waals surface area (Å²) in [4.78, 5) is 26.1. The van der Waals surface area contributed by atoms with E-state index in [-0.39, 0.29) is 11.5 Å². The van der Waals surface area contributed by atoms with Gasteiger partial charge in [0.1, 0.15) is 5.82 Å². The SMILES string of the molecule is CC1=C(C(=O)Nc2ccccc2F)[C@H](c2ccc(Cl)cc2)C2=C(CCCC2=O)N1. The van der Waals surface area contributed by atoms with Gasteiger partial charge >= 0.3 is 0 Å². The number of rotatable bonds is 3. The summed E-state index contributed by atoms with van der Waals surface area (Å²) in [5.74, 6) is -1.45. The minimum atomic E-state index is -0.525. The van der Waals surface area contributed by atoms with Gasteiger partial charge in [-0.3, -0.25) is 9.59 Å². The number of Topliss-reactive ketones (excluding diaryl/α,β-unsaturated/α-hetero) is 1. The van der Waals surface area contributed by atoms with E-state index in [2.05, 4.69) is 10.6 Å². The summed E-state index contributed by atoms with van der Waals surface area (Å²) in [7, 11) is 0. The highest BCUT2D eigenvalue weighted by Crippen LogP contribution is 2.42. The normalized spacial score (nSPS) is 19.0. The number of carbonyl (C=O) groups is 2. The standard InChI is InChI=1S/C23H20ClFN2O2/c1-13-20(23(29)27-17-6-3-2-5-16(17)25)21(14-9-11-15(24)12-10-14)22-18(26-13)7-4-8-19(22)28/h2-3,5-6,9-12,21,26H,4,7-8H2,1H3,(H,27,29)/t21-/m0/s1. The molecule has 0 radical (unpaired) electrons. The summed E-state index contributed by atoms with van der Waals surface area (Å²) < 4.78 is 14.1. The van der Waals surface area contributed by atoms with E-state index in [1.54, 1.807) is 24.3 Å². The molecular formula is C23H20ClFN2O2. The van der Waals surface area contributed by atoms with Gasteiger partial charge in [-0.05, 0) is 49.6 Å². The molecule has 2 aliphatic rings. The van der Waals surface area contributed by atoms with Gasteiger partial charge in [-0.1, -0.05) is 35.9 Å². The van der Waals surface area contributed by atoms with Gasteiger partial charge in [-0.25, -0.2) is 4.39 Å². The third-order valence-corrected chi connectivity index (χ3v) is 5.60. The molecule has 0 bridgehead atoms. The zero-order chi connectivity index (χ0) is 20.5. The molecule has 2 N–H and O–H groups in total. The van der Waals surface area contributed by atoms with Gasteiger partial charge < -0.3 is 10.6 Å². The van der Waals surface area contributed by atoms with E-state index in [0.717, 1.165) is 24.1 Å². The number of dihydropyridines is 1. The van der Waals surface area contributed by atoms with Crippen molar-refractivity contribution in [3.63, 3.8) is 0 Å². The van der Waals surface area contributed by atoms with Crippen molar-refractivity contribution in [3.8, 4) is 0 Å². The van der Waals surface area contributed by atoms with Gasteiger partial charge in [0.15, 0.2) is 5.78 Å². The number of benzene rings is 2. The van der Waals surface area contributed by atoms with Crippen LogP contribution in [0.15, 0.2) is 71.1 Å². The number of hydrogen-bond acceptors (Lipinski definition) is 3. The smallest absolute Gasteiger partial charge is 0.254 e. The lowest BCUT2D eigenvalue weighted by Gasteiger charge is -2.34.